The van der Waals surface area contributed by atoms with Crippen molar-refractivity contribution in [2.45, 2.75) is 0 Å². The molecule has 0 radical (unpaired) electrons. The maximum Gasteiger partial charge on any atom is 0.339 e. The van der Waals surface area contributed by atoms with Gasteiger partial charge >= 0.3 is 11.7 Å². The summed E-state index contributed by atoms with van der Waals surface area (Å²) in [5, 5.41) is 0.284. The van der Waals surface area contributed by atoms with Gasteiger partial charge in [-0.3, -0.25) is 9.78 Å². The lowest BCUT2D eigenvalue weighted by Crippen LogP contribution is -2.22. The van der Waals surface area contributed by atoms with E-state index >= 15 is 0 Å². The lowest BCUT2D eigenvalue weighted by molar-refractivity contribution is 0.0574. The number of carbonyl (C=O) groups is 1. The maximum atomic E-state index is 11.4. The molecular weight excluding hydrogens is 248 g/mol. The van der Waals surface area contributed by atoms with Crippen molar-refractivity contribution in [3.8, 4) is 0 Å². The number of hydrogen-bond acceptors (Lipinski definition) is 4. The first-order chi connectivity index (χ1) is 8.11. The highest BCUT2D eigenvalue weighted by molar-refractivity contribution is 6.17. The van der Waals surface area contributed by atoms with Crippen molar-refractivity contribution in [2.75, 3.05) is 6.07 Å². The van der Waals surface area contributed by atoms with Gasteiger partial charge in [-0.1, -0.05) is 11.6 Å². The Morgan fingerprint density at radius 2 is 2.06 bits per heavy atom. The highest BCUT2D eigenvalue weighted by Gasteiger charge is 2.09. The van der Waals surface area contributed by atoms with Crippen LogP contribution in [0.1, 0.15) is 10.4 Å². The zero-order chi connectivity index (χ0) is 12.4. The molecule has 0 saturated heterocycles. The average molecular weight is 255 g/mol. The van der Waals surface area contributed by atoms with Crippen LogP contribution in [0.5, 0.6) is 0 Å². The molecular formula is C10H7ClN2O4. The van der Waals surface area contributed by atoms with Crippen LogP contribution in [0.2, 0.25) is 0 Å². The van der Waals surface area contributed by atoms with Gasteiger partial charge in [0.25, 0.3) is 5.56 Å². The Hall–Kier alpha value is -2.08. The normalized spacial score (nSPS) is 10.4. The number of fused-ring (bicyclic) bond motifs is 1. The molecule has 1 aromatic carbocycles. The second kappa shape index (κ2) is 4.42. The Morgan fingerprint density at radius 3 is 2.76 bits per heavy atom. The standard InChI is InChI=1S/C10H7ClN2O4/c11-4-17-9(15)5-1-2-6-7(3-5)12-10(16)13-8(6)14/h1-3H,4H2,(H2,12,13,14,16). The number of aromatic nitrogens is 2. The van der Waals surface area contributed by atoms with E-state index in [0.29, 0.717) is 0 Å². The first kappa shape index (κ1) is 11.4. The van der Waals surface area contributed by atoms with Crippen molar-refractivity contribution in [2.24, 2.45) is 0 Å². The van der Waals surface area contributed by atoms with E-state index in [4.69, 9.17) is 11.6 Å². The van der Waals surface area contributed by atoms with Gasteiger partial charge in [-0.05, 0) is 18.2 Å². The number of carbonyl (C=O) groups excluding carboxylic acids is 1. The molecule has 0 saturated carbocycles. The minimum absolute atomic E-state index is 0.208. The largest absolute Gasteiger partial charge is 0.446 e. The monoisotopic (exact) mass is 254 g/mol. The third kappa shape index (κ3) is 2.21. The molecule has 7 heteroatoms. The highest BCUT2D eigenvalue weighted by Crippen LogP contribution is 2.10. The predicted octanol–water partition coefficient (Wildman–Crippen LogP) is 0.570. The van der Waals surface area contributed by atoms with Gasteiger partial charge in [-0.2, -0.15) is 0 Å². The van der Waals surface area contributed by atoms with Crippen LogP contribution in [0.4, 0.5) is 0 Å². The number of nitrogens with one attached hydrogen (secondary N) is 2. The fourth-order valence-electron chi connectivity index (χ4n) is 1.43. The van der Waals surface area contributed by atoms with Crippen LogP contribution >= 0.6 is 11.6 Å². The van der Waals surface area contributed by atoms with Gasteiger partial charge in [0.15, 0.2) is 6.07 Å². The van der Waals surface area contributed by atoms with Gasteiger partial charge in [0.2, 0.25) is 0 Å². The first-order valence-corrected chi connectivity index (χ1v) is 5.14. The van der Waals surface area contributed by atoms with Crippen LogP contribution in [0.3, 0.4) is 0 Å². The molecule has 0 fully saturated rings. The Labute approximate surface area is 99.2 Å². The van der Waals surface area contributed by atoms with E-state index in [2.05, 4.69) is 14.7 Å². The molecule has 0 aliphatic rings. The van der Waals surface area contributed by atoms with Gasteiger partial charge in [-0.15, -0.1) is 0 Å². The zero-order valence-corrected chi connectivity index (χ0v) is 9.21. The molecule has 88 valence electrons. The van der Waals surface area contributed by atoms with E-state index in [9.17, 15) is 14.4 Å². The Balaban J connectivity index is 2.62. The number of hydrogen-bond donors (Lipinski definition) is 2. The molecule has 0 spiro atoms. The summed E-state index contributed by atoms with van der Waals surface area (Å²) in [4.78, 5) is 38.3. The number of H-pyrrole nitrogens is 2. The quantitative estimate of drug-likeness (QED) is 0.605. The number of esters is 1. The van der Waals surface area contributed by atoms with Crippen LogP contribution in [0.15, 0.2) is 27.8 Å². The van der Waals surface area contributed by atoms with Crippen molar-refractivity contribution in [1.82, 2.24) is 9.97 Å². The molecule has 0 bridgehead atoms. The van der Waals surface area contributed by atoms with E-state index in [-0.39, 0.29) is 22.5 Å². The lowest BCUT2D eigenvalue weighted by atomic mass is 10.1. The minimum Gasteiger partial charge on any atom is -0.446 e. The number of benzene rings is 1. The fourth-order valence-corrected chi connectivity index (χ4v) is 1.53. The molecule has 2 N–H and O–H groups in total. The molecule has 0 atom stereocenters. The summed E-state index contributed by atoms with van der Waals surface area (Å²) in [7, 11) is 0. The van der Waals surface area contributed by atoms with Crippen LogP contribution < -0.4 is 11.2 Å². The van der Waals surface area contributed by atoms with Crippen molar-refractivity contribution in [3.05, 3.63) is 44.6 Å². The minimum atomic E-state index is -0.634. The summed E-state index contributed by atoms with van der Waals surface area (Å²) in [5.74, 6) is -0.622. The molecule has 1 aromatic heterocycles. The van der Waals surface area contributed by atoms with E-state index in [0.717, 1.165) is 0 Å². The van der Waals surface area contributed by atoms with Gasteiger partial charge in [0.05, 0.1) is 16.5 Å². The lowest BCUT2D eigenvalue weighted by Gasteiger charge is -2.02. The van der Waals surface area contributed by atoms with Crippen LogP contribution in [0.25, 0.3) is 10.9 Å². The van der Waals surface area contributed by atoms with Crippen molar-refractivity contribution < 1.29 is 9.53 Å². The molecule has 0 aliphatic heterocycles. The molecule has 0 aliphatic carbocycles. The Morgan fingerprint density at radius 1 is 1.29 bits per heavy atom. The molecule has 2 aromatic rings. The summed E-state index contributed by atoms with van der Waals surface area (Å²) < 4.78 is 4.59. The molecule has 17 heavy (non-hydrogen) atoms. The second-order valence-electron chi connectivity index (χ2n) is 3.21. The first-order valence-electron chi connectivity index (χ1n) is 4.61. The summed E-state index contributed by atoms with van der Waals surface area (Å²) in [6.07, 6.45) is 0. The number of alkyl halides is 1. The summed E-state index contributed by atoms with van der Waals surface area (Å²) in [6, 6.07) is 3.95. The second-order valence-corrected chi connectivity index (χ2v) is 3.43. The Kier molecular flexibility index (Phi) is 2.97. The zero-order valence-electron chi connectivity index (χ0n) is 8.45. The average Bonchev–Trinajstić information content (AvgIpc) is 2.28. The number of ether oxygens (including phenoxy) is 1. The SMILES string of the molecule is O=C(OCCl)c1ccc2c(=O)[nH]c(=O)[nH]c2c1. The summed E-state index contributed by atoms with van der Waals surface area (Å²) in [6.45, 7) is 0. The molecule has 0 amide bonds. The topological polar surface area (TPSA) is 92.0 Å². The molecule has 2 rings (SSSR count). The number of aromatic amines is 2. The van der Waals surface area contributed by atoms with Crippen molar-refractivity contribution >= 4 is 28.5 Å². The van der Waals surface area contributed by atoms with Gasteiger partial charge in [0, 0.05) is 0 Å². The third-order valence-corrected chi connectivity index (χ3v) is 2.27. The van der Waals surface area contributed by atoms with E-state index in [1.54, 1.807) is 0 Å². The number of halogens is 1. The highest BCUT2D eigenvalue weighted by atomic mass is 35.5. The van der Waals surface area contributed by atoms with Crippen molar-refractivity contribution in [1.29, 1.82) is 0 Å². The molecule has 0 unspecified atom stereocenters. The van der Waals surface area contributed by atoms with Crippen LogP contribution in [-0.2, 0) is 4.74 Å². The summed E-state index contributed by atoms with van der Waals surface area (Å²) >= 11 is 5.26. The van der Waals surface area contributed by atoms with Crippen molar-refractivity contribution in [3.63, 3.8) is 0 Å². The molecule has 1 heterocycles. The van der Waals surface area contributed by atoms with Gasteiger partial charge in [-0.25, -0.2) is 9.59 Å². The third-order valence-electron chi connectivity index (χ3n) is 2.16. The number of rotatable bonds is 2. The van der Waals surface area contributed by atoms with E-state index in [1.165, 1.54) is 18.2 Å². The van der Waals surface area contributed by atoms with E-state index in [1.807, 2.05) is 0 Å². The maximum absolute atomic E-state index is 11.4. The van der Waals surface area contributed by atoms with Crippen LogP contribution in [0, 0.1) is 0 Å². The van der Waals surface area contributed by atoms with Gasteiger partial charge in [0.1, 0.15) is 0 Å². The van der Waals surface area contributed by atoms with Gasteiger partial charge < -0.3 is 9.72 Å². The fraction of sp³-hybridized carbons (Fsp3) is 0.100. The predicted molar refractivity (Wildman–Crippen MR) is 61.3 cm³/mol. The Bertz CT molecular complexity index is 689. The van der Waals surface area contributed by atoms with E-state index < -0.39 is 17.2 Å². The molecule has 6 nitrogen and oxygen atoms in total. The van der Waals surface area contributed by atoms with Crippen LogP contribution in [-0.4, -0.2) is 22.0 Å². The smallest absolute Gasteiger partial charge is 0.339 e. The summed E-state index contributed by atoms with van der Waals surface area (Å²) in [5.41, 5.74) is -0.673.